The third kappa shape index (κ3) is 3.17. The molecule has 0 aromatic heterocycles. The molecule has 2 rings (SSSR count). The Hall–Kier alpha value is -0.210. The number of anilines is 1. The van der Waals surface area contributed by atoms with Crippen LogP contribution in [0.2, 0.25) is 0 Å². The molecule has 2 atom stereocenters. The monoisotopic (exact) mass is 315 g/mol. The second-order valence-corrected chi connectivity index (χ2v) is 6.38. The maximum absolute atomic E-state index is 5.87. The fourth-order valence-corrected chi connectivity index (χ4v) is 3.62. The van der Waals surface area contributed by atoms with Crippen LogP contribution >= 0.6 is 27.5 Å². The molecule has 0 spiro atoms. The first-order valence-corrected chi connectivity index (χ1v) is 7.52. The molecule has 1 aliphatic rings. The van der Waals surface area contributed by atoms with Crippen LogP contribution in [0.25, 0.3) is 0 Å². The molecular weight excluding hydrogens is 298 g/mol. The van der Waals surface area contributed by atoms with Crippen molar-refractivity contribution in [3.05, 3.63) is 28.2 Å². The van der Waals surface area contributed by atoms with E-state index in [1.54, 1.807) is 0 Å². The lowest BCUT2D eigenvalue weighted by molar-refractivity contribution is 0.357. The minimum Gasteiger partial charge on any atom is -0.371 e. The largest absolute Gasteiger partial charge is 0.371 e. The molecule has 0 radical (unpaired) electrons. The second-order valence-electron chi connectivity index (χ2n) is 5.26. The molecule has 0 N–H and O–H groups in total. The van der Waals surface area contributed by atoms with Crippen molar-refractivity contribution >= 4 is 33.2 Å². The maximum atomic E-state index is 5.87. The summed E-state index contributed by atoms with van der Waals surface area (Å²) < 4.78 is 1.12. The van der Waals surface area contributed by atoms with Gasteiger partial charge in [-0.05, 0) is 36.0 Å². The fraction of sp³-hybridized carbons (Fsp3) is 0.571. The lowest BCUT2D eigenvalue weighted by Crippen LogP contribution is -2.38. The summed E-state index contributed by atoms with van der Waals surface area (Å²) in [6.07, 6.45) is 1.34. The zero-order chi connectivity index (χ0) is 12.4. The van der Waals surface area contributed by atoms with Gasteiger partial charge in [-0.2, -0.15) is 0 Å². The van der Waals surface area contributed by atoms with Crippen LogP contribution in [0.3, 0.4) is 0 Å². The average molecular weight is 317 g/mol. The lowest BCUT2D eigenvalue weighted by atomic mass is 9.91. The molecule has 1 heterocycles. The summed E-state index contributed by atoms with van der Waals surface area (Å²) in [5.41, 5.74) is 2.47. The molecule has 0 bridgehead atoms. The van der Waals surface area contributed by atoms with Crippen LogP contribution in [0.15, 0.2) is 22.7 Å². The van der Waals surface area contributed by atoms with Crippen LogP contribution < -0.4 is 4.90 Å². The Morgan fingerprint density at radius 2 is 1.94 bits per heavy atom. The van der Waals surface area contributed by atoms with Crippen molar-refractivity contribution in [3.63, 3.8) is 0 Å². The van der Waals surface area contributed by atoms with E-state index < -0.39 is 0 Å². The van der Waals surface area contributed by atoms with Gasteiger partial charge in [0.15, 0.2) is 0 Å². The van der Waals surface area contributed by atoms with Gasteiger partial charge in [-0.25, -0.2) is 0 Å². The van der Waals surface area contributed by atoms with Gasteiger partial charge in [-0.15, -0.1) is 11.6 Å². The van der Waals surface area contributed by atoms with Gasteiger partial charge < -0.3 is 4.90 Å². The molecule has 1 saturated heterocycles. The highest BCUT2D eigenvalue weighted by atomic mass is 79.9. The van der Waals surface area contributed by atoms with Crippen LogP contribution in [-0.2, 0) is 5.88 Å². The quantitative estimate of drug-likeness (QED) is 0.717. The highest BCUT2D eigenvalue weighted by Gasteiger charge is 2.22. The van der Waals surface area contributed by atoms with Gasteiger partial charge in [0.05, 0.1) is 0 Å². The number of benzene rings is 1. The van der Waals surface area contributed by atoms with E-state index in [1.165, 1.54) is 12.1 Å². The van der Waals surface area contributed by atoms with Crippen LogP contribution in [-0.4, -0.2) is 13.1 Å². The predicted octanol–water partition coefficient (Wildman–Crippen LogP) is 4.67. The Morgan fingerprint density at radius 3 is 2.47 bits per heavy atom. The van der Waals surface area contributed by atoms with Crippen molar-refractivity contribution < 1.29 is 0 Å². The molecule has 0 saturated carbocycles. The first kappa shape index (κ1) is 13.2. The zero-order valence-corrected chi connectivity index (χ0v) is 12.8. The molecular formula is C14H19BrClN. The molecule has 0 aliphatic carbocycles. The summed E-state index contributed by atoms with van der Waals surface area (Å²) in [6.45, 7) is 7.00. The molecule has 3 heteroatoms. The van der Waals surface area contributed by atoms with E-state index in [0.29, 0.717) is 5.88 Å². The number of hydrogen-bond acceptors (Lipinski definition) is 1. The van der Waals surface area contributed by atoms with Crippen LogP contribution in [0.1, 0.15) is 25.8 Å². The number of piperidine rings is 1. The van der Waals surface area contributed by atoms with E-state index in [4.69, 9.17) is 11.6 Å². The highest BCUT2D eigenvalue weighted by Crippen LogP contribution is 2.30. The third-order valence-corrected chi connectivity index (χ3v) is 4.44. The van der Waals surface area contributed by atoms with E-state index in [2.05, 4.69) is 52.9 Å². The fourth-order valence-electron chi connectivity index (χ4n) is 2.72. The number of halogens is 2. The molecule has 94 valence electrons. The standard InChI is InChI=1S/C14H19BrClN/c1-10-5-11(2)9-17(8-10)13-4-3-12(7-16)14(15)6-13/h3-4,6,10-11H,5,7-9H2,1-2H3. The molecule has 2 unspecified atom stereocenters. The zero-order valence-electron chi connectivity index (χ0n) is 10.4. The number of alkyl halides is 1. The molecule has 1 aromatic carbocycles. The summed E-state index contributed by atoms with van der Waals surface area (Å²) in [6, 6.07) is 6.51. The van der Waals surface area contributed by atoms with Crippen molar-refractivity contribution in [1.82, 2.24) is 0 Å². The highest BCUT2D eigenvalue weighted by molar-refractivity contribution is 9.10. The van der Waals surface area contributed by atoms with E-state index in [9.17, 15) is 0 Å². The van der Waals surface area contributed by atoms with Crippen molar-refractivity contribution in [2.24, 2.45) is 11.8 Å². The van der Waals surface area contributed by atoms with Gasteiger partial charge in [-0.3, -0.25) is 0 Å². The first-order chi connectivity index (χ1) is 8.10. The van der Waals surface area contributed by atoms with Crippen molar-refractivity contribution in [3.8, 4) is 0 Å². The average Bonchev–Trinajstić information content (AvgIpc) is 2.27. The summed E-state index contributed by atoms with van der Waals surface area (Å²) >= 11 is 9.47. The molecule has 1 nitrogen and oxygen atoms in total. The van der Waals surface area contributed by atoms with Crippen LogP contribution in [0.4, 0.5) is 5.69 Å². The normalized spacial score (nSPS) is 25.1. The van der Waals surface area contributed by atoms with E-state index in [1.807, 2.05) is 0 Å². The predicted molar refractivity (Wildman–Crippen MR) is 78.9 cm³/mol. The van der Waals surface area contributed by atoms with Gasteiger partial charge in [0.25, 0.3) is 0 Å². The Balaban J connectivity index is 2.19. The summed E-state index contributed by atoms with van der Waals surface area (Å²) in [5, 5.41) is 0. The molecule has 0 amide bonds. The Labute approximate surface area is 117 Å². The molecule has 1 aliphatic heterocycles. The minimum absolute atomic E-state index is 0.563. The number of rotatable bonds is 2. The van der Waals surface area contributed by atoms with Gasteiger partial charge in [0.1, 0.15) is 0 Å². The van der Waals surface area contributed by atoms with Crippen molar-refractivity contribution in [2.75, 3.05) is 18.0 Å². The topological polar surface area (TPSA) is 3.24 Å². The summed E-state index contributed by atoms with van der Waals surface area (Å²) in [5.74, 6) is 2.13. The SMILES string of the molecule is CC1CC(C)CN(c2ccc(CCl)c(Br)c2)C1. The van der Waals surface area contributed by atoms with E-state index >= 15 is 0 Å². The maximum Gasteiger partial charge on any atom is 0.0485 e. The smallest absolute Gasteiger partial charge is 0.0485 e. The number of nitrogens with zero attached hydrogens (tertiary/aromatic N) is 1. The second kappa shape index (κ2) is 5.62. The van der Waals surface area contributed by atoms with Gasteiger partial charge >= 0.3 is 0 Å². The molecule has 1 fully saturated rings. The van der Waals surface area contributed by atoms with Crippen molar-refractivity contribution in [1.29, 1.82) is 0 Å². The summed E-state index contributed by atoms with van der Waals surface area (Å²) in [7, 11) is 0. The molecule has 17 heavy (non-hydrogen) atoms. The van der Waals surface area contributed by atoms with Gasteiger partial charge in [0.2, 0.25) is 0 Å². The van der Waals surface area contributed by atoms with Crippen LogP contribution in [0, 0.1) is 11.8 Å². The van der Waals surface area contributed by atoms with Gasteiger partial charge in [-0.1, -0.05) is 35.8 Å². The first-order valence-electron chi connectivity index (χ1n) is 6.19. The minimum atomic E-state index is 0.563. The third-order valence-electron chi connectivity index (χ3n) is 3.41. The van der Waals surface area contributed by atoms with Crippen LogP contribution in [0.5, 0.6) is 0 Å². The Bertz CT molecular complexity index is 384. The Morgan fingerprint density at radius 1 is 1.29 bits per heavy atom. The number of hydrogen-bond donors (Lipinski definition) is 0. The lowest BCUT2D eigenvalue weighted by Gasteiger charge is -2.36. The van der Waals surface area contributed by atoms with E-state index in [-0.39, 0.29) is 0 Å². The van der Waals surface area contributed by atoms with Gasteiger partial charge in [0, 0.05) is 29.1 Å². The Kier molecular flexibility index (Phi) is 4.37. The van der Waals surface area contributed by atoms with E-state index in [0.717, 1.165) is 35.0 Å². The van der Waals surface area contributed by atoms with Crippen molar-refractivity contribution in [2.45, 2.75) is 26.1 Å². The summed E-state index contributed by atoms with van der Waals surface area (Å²) in [4.78, 5) is 2.49. The molecule has 1 aromatic rings.